The fourth-order valence-corrected chi connectivity index (χ4v) is 2.97. The molecule has 0 radical (unpaired) electrons. The molecule has 3 heteroatoms. The first kappa shape index (κ1) is 12.9. The molecule has 0 bridgehead atoms. The van der Waals surface area contributed by atoms with Crippen LogP contribution in [0.25, 0.3) is 33.1 Å². The van der Waals surface area contributed by atoms with E-state index in [1.807, 2.05) is 30.5 Å². The zero-order chi connectivity index (χ0) is 15.1. The summed E-state index contributed by atoms with van der Waals surface area (Å²) in [4.78, 5) is 4.64. The van der Waals surface area contributed by atoms with Crippen LogP contribution in [-0.2, 0) is 7.05 Å². The van der Waals surface area contributed by atoms with E-state index in [1.165, 1.54) is 16.3 Å². The lowest BCUT2D eigenvalue weighted by molar-refractivity contribution is 0.415. The van der Waals surface area contributed by atoms with Crippen LogP contribution >= 0.6 is 0 Å². The number of ether oxygens (including phenoxy) is 1. The van der Waals surface area contributed by atoms with Crippen LogP contribution in [0, 0.1) is 0 Å². The van der Waals surface area contributed by atoms with Crippen molar-refractivity contribution in [1.29, 1.82) is 0 Å². The SMILES string of the molecule is COc1ccc2c3cnc(-c4ccccc4)cc3n(C)c2c1. The normalized spacial score (nSPS) is 11.2. The van der Waals surface area contributed by atoms with Crippen LogP contribution < -0.4 is 4.74 Å². The highest BCUT2D eigenvalue weighted by Crippen LogP contribution is 2.32. The van der Waals surface area contributed by atoms with Gasteiger partial charge in [0.15, 0.2) is 0 Å². The van der Waals surface area contributed by atoms with E-state index in [2.05, 4.69) is 46.9 Å². The second-order valence-corrected chi connectivity index (χ2v) is 5.39. The van der Waals surface area contributed by atoms with E-state index < -0.39 is 0 Å². The Balaban J connectivity index is 2.00. The van der Waals surface area contributed by atoms with Crippen LogP contribution in [0.4, 0.5) is 0 Å². The van der Waals surface area contributed by atoms with Crippen molar-refractivity contribution >= 4 is 21.8 Å². The molecule has 4 rings (SSSR count). The molecule has 0 aliphatic heterocycles. The lowest BCUT2D eigenvalue weighted by atomic mass is 10.1. The molecule has 0 N–H and O–H groups in total. The predicted molar refractivity (Wildman–Crippen MR) is 90.2 cm³/mol. The minimum atomic E-state index is 0.870. The van der Waals surface area contributed by atoms with Gasteiger partial charge in [0.1, 0.15) is 5.75 Å². The molecule has 22 heavy (non-hydrogen) atoms. The summed E-state index contributed by atoms with van der Waals surface area (Å²) in [5.74, 6) is 0.870. The molecule has 108 valence electrons. The second kappa shape index (κ2) is 4.88. The molecule has 0 amide bonds. The van der Waals surface area contributed by atoms with E-state index in [0.717, 1.165) is 22.5 Å². The van der Waals surface area contributed by atoms with Gasteiger partial charge in [-0.2, -0.15) is 0 Å². The third kappa shape index (κ3) is 1.86. The van der Waals surface area contributed by atoms with Crippen LogP contribution in [0.5, 0.6) is 5.75 Å². The van der Waals surface area contributed by atoms with Gasteiger partial charge < -0.3 is 9.30 Å². The fraction of sp³-hybridized carbons (Fsp3) is 0.105. The molecule has 2 heterocycles. The summed E-state index contributed by atoms with van der Waals surface area (Å²) in [6.45, 7) is 0. The van der Waals surface area contributed by atoms with Crippen molar-refractivity contribution < 1.29 is 4.74 Å². The summed E-state index contributed by atoms with van der Waals surface area (Å²) >= 11 is 0. The number of pyridine rings is 1. The standard InChI is InChI=1S/C19H16N2O/c1-21-18-10-14(22-2)8-9-15(18)16-12-20-17(11-19(16)21)13-6-4-3-5-7-13/h3-12H,1-2H3. The Hall–Kier alpha value is -2.81. The van der Waals surface area contributed by atoms with Gasteiger partial charge in [0.05, 0.1) is 23.8 Å². The second-order valence-electron chi connectivity index (χ2n) is 5.39. The highest BCUT2D eigenvalue weighted by molar-refractivity contribution is 6.08. The van der Waals surface area contributed by atoms with Crippen LogP contribution in [0.15, 0.2) is 60.8 Å². The molecule has 2 aromatic carbocycles. The summed E-state index contributed by atoms with van der Waals surface area (Å²) in [5, 5.41) is 2.37. The largest absolute Gasteiger partial charge is 0.497 e. The highest BCUT2D eigenvalue weighted by atomic mass is 16.5. The molecule has 2 aromatic heterocycles. The number of methoxy groups -OCH3 is 1. The Morgan fingerprint density at radius 2 is 1.68 bits per heavy atom. The summed E-state index contributed by atoms with van der Waals surface area (Å²) in [6, 6.07) is 18.6. The first-order valence-electron chi connectivity index (χ1n) is 7.25. The van der Waals surface area contributed by atoms with Crippen molar-refractivity contribution in [3.63, 3.8) is 0 Å². The fourth-order valence-electron chi connectivity index (χ4n) is 2.97. The monoisotopic (exact) mass is 288 g/mol. The van der Waals surface area contributed by atoms with Gasteiger partial charge >= 0.3 is 0 Å². The maximum Gasteiger partial charge on any atom is 0.120 e. The smallest absolute Gasteiger partial charge is 0.120 e. The van der Waals surface area contributed by atoms with Gasteiger partial charge in [-0.15, -0.1) is 0 Å². The number of benzene rings is 2. The predicted octanol–water partition coefficient (Wildman–Crippen LogP) is 4.40. The summed E-state index contributed by atoms with van der Waals surface area (Å²) in [5.41, 5.74) is 4.46. The van der Waals surface area contributed by atoms with Gasteiger partial charge in [-0.05, 0) is 18.2 Å². The summed E-state index contributed by atoms with van der Waals surface area (Å²) in [7, 11) is 3.78. The van der Waals surface area contributed by atoms with E-state index in [9.17, 15) is 0 Å². The number of hydrogen-bond acceptors (Lipinski definition) is 2. The number of aromatic nitrogens is 2. The number of nitrogens with zero attached hydrogens (tertiary/aromatic N) is 2. The zero-order valence-electron chi connectivity index (χ0n) is 12.6. The maximum absolute atomic E-state index is 5.34. The average molecular weight is 288 g/mol. The Morgan fingerprint density at radius 1 is 0.909 bits per heavy atom. The molecule has 0 aliphatic carbocycles. The molecule has 0 atom stereocenters. The van der Waals surface area contributed by atoms with Crippen molar-refractivity contribution in [3.8, 4) is 17.0 Å². The minimum absolute atomic E-state index is 0.870. The Morgan fingerprint density at radius 3 is 2.45 bits per heavy atom. The number of aryl methyl sites for hydroxylation is 1. The van der Waals surface area contributed by atoms with E-state index >= 15 is 0 Å². The van der Waals surface area contributed by atoms with Gasteiger partial charge in [0.2, 0.25) is 0 Å². The van der Waals surface area contributed by atoms with E-state index in [-0.39, 0.29) is 0 Å². The quantitative estimate of drug-likeness (QED) is 0.546. The van der Waals surface area contributed by atoms with Crippen LogP contribution in [0.2, 0.25) is 0 Å². The summed E-state index contributed by atoms with van der Waals surface area (Å²) < 4.78 is 7.53. The zero-order valence-corrected chi connectivity index (χ0v) is 12.6. The number of rotatable bonds is 2. The van der Waals surface area contributed by atoms with Crippen molar-refractivity contribution in [1.82, 2.24) is 9.55 Å². The molecule has 4 aromatic rings. The van der Waals surface area contributed by atoms with Crippen LogP contribution in [0.1, 0.15) is 0 Å². The van der Waals surface area contributed by atoms with Crippen LogP contribution in [-0.4, -0.2) is 16.7 Å². The van der Waals surface area contributed by atoms with E-state index in [1.54, 1.807) is 7.11 Å². The lowest BCUT2D eigenvalue weighted by Gasteiger charge is -2.03. The minimum Gasteiger partial charge on any atom is -0.497 e. The third-order valence-electron chi connectivity index (χ3n) is 4.17. The topological polar surface area (TPSA) is 27.1 Å². The number of hydrogen-bond donors (Lipinski definition) is 0. The Kier molecular flexibility index (Phi) is 2.86. The molecule has 0 unspecified atom stereocenters. The third-order valence-corrected chi connectivity index (χ3v) is 4.17. The van der Waals surface area contributed by atoms with Gasteiger partial charge in [-0.3, -0.25) is 4.98 Å². The van der Waals surface area contributed by atoms with Gasteiger partial charge in [0, 0.05) is 35.6 Å². The summed E-state index contributed by atoms with van der Waals surface area (Å²) in [6.07, 6.45) is 1.96. The molecule has 3 nitrogen and oxygen atoms in total. The Bertz CT molecular complexity index is 971. The first-order valence-corrected chi connectivity index (χ1v) is 7.25. The van der Waals surface area contributed by atoms with Gasteiger partial charge in [-0.1, -0.05) is 30.3 Å². The molecular weight excluding hydrogens is 272 g/mol. The van der Waals surface area contributed by atoms with Crippen molar-refractivity contribution in [2.45, 2.75) is 0 Å². The van der Waals surface area contributed by atoms with E-state index in [0.29, 0.717) is 0 Å². The molecule has 0 fully saturated rings. The number of fused-ring (bicyclic) bond motifs is 3. The highest BCUT2D eigenvalue weighted by Gasteiger charge is 2.11. The van der Waals surface area contributed by atoms with Crippen molar-refractivity contribution in [2.75, 3.05) is 7.11 Å². The van der Waals surface area contributed by atoms with E-state index in [4.69, 9.17) is 4.74 Å². The Labute approximate surface area is 128 Å². The van der Waals surface area contributed by atoms with Crippen LogP contribution in [0.3, 0.4) is 0 Å². The van der Waals surface area contributed by atoms with Crippen molar-refractivity contribution in [3.05, 3.63) is 60.8 Å². The van der Waals surface area contributed by atoms with Gasteiger partial charge in [-0.25, -0.2) is 0 Å². The lowest BCUT2D eigenvalue weighted by Crippen LogP contribution is -1.89. The van der Waals surface area contributed by atoms with Crippen molar-refractivity contribution in [2.24, 2.45) is 7.05 Å². The molecule has 0 saturated heterocycles. The average Bonchev–Trinajstić information content (AvgIpc) is 2.87. The van der Waals surface area contributed by atoms with Gasteiger partial charge in [0.25, 0.3) is 0 Å². The molecular formula is C19H16N2O. The molecule has 0 saturated carbocycles. The first-order chi connectivity index (χ1) is 10.8. The molecule has 0 aliphatic rings. The molecule has 0 spiro atoms. The maximum atomic E-state index is 5.34.